The molecule has 6 nitrogen and oxygen atoms in total. The molecule has 1 heterocycles. The third-order valence-electron chi connectivity index (χ3n) is 3.61. The average Bonchev–Trinajstić information content (AvgIpc) is 2.97. The van der Waals surface area contributed by atoms with Crippen LogP contribution in [-0.4, -0.2) is 22.6 Å². The molecule has 0 saturated heterocycles. The Bertz CT molecular complexity index is 681. The van der Waals surface area contributed by atoms with Gasteiger partial charge in [0.25, 0.3) is 0 Å². The van der Waals surface area contributed by atoms with Gasteiger partial charge in [-0.15, -0.1) is 24.0 Å². The van der Waals surface area contributed by atoms with Crippen molar-refractivity contribution in [3.05, 3.63) is 41.0 Å². The van der Waals surface area contributed by atoms with Gasteiger partial charge < -0.3 is 15.6 Å². The lowest BCUT2D eigenvalue weighted by Gasteiger charge is -2.07. The fourth-order valence-corrected chi connectivity index (χ4v) is 2.04. The Hall–Kier alpha value is -1.64. The van der Waals surface area contributed by atoms with E-state index < -0.39 is 0 Å². The maximum absolute atomic E-state index is 5.90. The number of guanidine groups is 1. The van der Waals surface area contributed by atoms with E-state index in [9.17, 15) is 0 Å². The fourth-order valence-electron chi connectivity index (χ4n) is 2.04. The first-order valence-electron chi connectivity index (χ1n) is 7.92. The molecule has 0 aliphatic heterocycles. The molecule has 3 N–H and O–H groups in total. The van der Waals surface area contributed by atoms with Crippen LogP contribution in [0.4, 0.5) is 5.69 Å². The van der Waals surface area contributed by atoms with Crippen molar-refractivity contribution in [2.24, 2.45) is 10.7 Å². The summed E-state index contributed by atoms with van der Waals surface area (Å²) in [4.78, 5) is 8.66. The van der Waals surface area contributed by atoms with E-state index in [1.54, 1.807) is 0 Å². The van der Waals surface area contributed by atoms with Crippen LogP contribution >= 0.6 is 24.0 Å². The minimum Gasteiger partial charge on any atom is -0.370 e. The number of anilines is 1. The molecular formula is C17H26IN5O. The summed E-state index contributed by atoms with van der Waals surface area (Å²) in [5, 5.41) is 7.05. The minimum atomic E-state index is 0. The number of aromatic nitrogens is 2. The molecule has 0 bridgehead atoms. The number of aryl methyl sites for hydroxylation is 3. The molecule has 1 aromatic carbocycles. The summed E-state index contributed by atoms with van der Waals surface area (Å²) in [6, 6.07) is 6.12. The van der Waals surface area contributed by atoms with E-state index >= 15 is 0 Å². The predicted molar refractivity (Wildman–Crippen MR) is 108 cm³/mol. The summed E-state index contributed by atoms with van der Waals surface area (Å²) in [7, 11) is 0. The highest BCUT2D eigenvalue weighted by atomic mass is 127. The van der Waals surface area contributed by atoms with Crippen LogP contribution in [0.15, 0.2) is 27.7 Å². The maximum Gasteiger partial charge on any atom is 0.226 e. The molecule has 0 aliphatic rings. The van der Waals surface area contributed by atoms with Gasteiger partial charge in [-0.3, -0.25) is 4.99 Å². The normalized spacial score (nSPS) is 11.5. The van der Waals surface area contributed by atoms with Gasteiger partial charge in [-0.2, -0.15) is 4.98 Å². The summed E-state index contributed by atoms with van der Waals surface area (Å²) < 4.78 is 5.20. The molecule has 0 aliphatic carbocycles. The lowest BCUT2D eigenvalue weighted by atomic mass is 10.1. The van der Waals surface area contributed by atoms with Crippen molar-refractivity contribution in [2.45, 2.75) is 46.5 Å². The van der Waals surface area contributed by atoms with E-state index in [0.29, 0.717) is 24.8 Å². The van der Waals surface area contributed by atoms with Gasteiger partial charge in [0.1, 0.15) is 0 Å². The number of nitrogens with zero attached hydrogens (tertiary/aromatic N) is 3. The van der Waals surface area contributed by atoms with Crippen LogP contribution in [0.1, 0.15) is 49.0 Å². The van der Waals surface area contributed by atoms with E-state index in [2.05, 4.69) is 46.4 Å². The fraction of sp³-hybridized carbons (Fsp3) is 0.471. The Morgan fingerprint density at radius 3 is 2.67 bits per heavy atom. The molecule has 0 radical (unpaired) electrons. The molecule has 1 aromatic heterocycles. The number of hydrogen-bond acceptors (Lipinski definition) is 4. The number of nitrogens with one attached hydrogen (secondary N) is 1. The van der Waals surface area contributed by atoms with E-state index in [-0.39, 0.29) is 29.9 Å². The molecule has 0 atom stereocenters. The molecule has 0 spiro atoms. The van der Waals surface area contributed by atoms with Crippen LogP contribution in [0.5, 0.6) is 0 Å². The first-order valence-corrected chi connectivity index (χ1v) is 7.92. The van der Waals surface area contributed by atoms with Crippen molar-refractivity contribution < 1.29 is 4.52 Å². The van der Waals surface area contributed by atoms with E-state index in [0.717, 1.165) is 17.9 Å². The van der Waals surface area contributed by atoms with E-state index in [4.69, 9.17) is 10.3 Å². The van der Waals surface area contributed by atoms with Crippen molar-refractivity contribution >= 4 is 35.6 Å². The van der Waals surface area contributed by atoms with Crippen LogP contribution in [0.2, 0.25) is 0 Å². The summed E-state index contributed by atoms with van der Waals surface area (Å²) in [5.74, 6) is 2.11. The van der Waals surface area contributed by atoms with Gasteiger partial charge in [-0.25, -0.2) is 0 Å². The number of halogens is 1. The Morgan fingerprint density at radius 1 is 1.29 bits per heavy atom. The molecule has 0 fully saturated rings. The third kappa shape index (κ3) is 6.10. The van der Waals surface area contributed by atoms with Crippen LogP contribution in [-0.2, 0) is 6.42 Å². The van der Waals surface area contributed by atoms with Crippen LogP contribution in [0.3, 0.4) is 0 Å². The maximum atomic E-state index is 5.90. The summed E-state index contributed by atoms with van der Waals surface area (Å²) >= 11 is 0. The highest BCUT2D eigenvalue weighted by molar-refractivity contribution is 14.0. The molecule has 0 unspecified atom stereocenters. The van der Waals surface area contributed by atoms with Gasteiger partial charge in [-0.05, 0) is 43.5 Å². The molecule has 0 amide bonds. The standard InChI is InChI=1S/C17H25N5O.HI/c1-11(2)16-21-15(23-22-16)6-5-9-19-17(18)20-14-8-7-12(3)13(4)10-14;/h7-8,10-11H,5-6,9H2,1-4H3,(H3,18,19,20);1H. The van der Waals surface area contributed by atoms with Gasteiger partial charge in [0.15, 0.2) is 11.8 Å². The Balaban J connectivity index is 0.00000288. The second-order valence-electron chi connectivity index (χ2n) is 6.00. The SMILES string of the molecule is Cc1ccc(NC(N)=NCCCc2nc(C(C)C)no2)cc1C.I. The predicted octanol–water partition coefficient (Wildman–Crippen LogP) is 3.79. The number of nitrogens with two attached hydrogens (primary N) is 1. The average molecular weight is 443 g/mol. The quantitative estimate of drug-likeness (QED) is 0.307. The monoisotopic (exact) mass is 443 g/mol. The van der Waals surface area contributed by atoms with Gasteiger partial charge in [0, 0.05) is 24.6 Å². The number of aliphatic imine (C=N–C) groups is 1. The second kappa shape index (κ2) is 9.61. The largest absolute Gasteiger partial charge is 0.370 e. The third-order valence-corrected chi connectivity index (χ3v) is 3.61. The topological polar surface area (TPSA) is 89.3 Å². The van der Waals surface area contributed by atoms with Gasteiger partial charge in [-0.1, -0.05) is 25.1 Å². The highest BCUT2D eigenvalue weighted by Crippen LogP contribution is 2.14. The molecule has 24 heavy (non-hydrogen) atoms. The molecule has 7 heteroatoms. The van der Waals surface area contributed by atoms with Crippen molar-refractivity contribution in [3.63, 3.8) is 0 Å². The molecule has 2 aromatic rings. The van der Waals surface area contributed by atoms with Gasteiger partial charge in [0.2, 0.25) is 5.89 Å². The highest BCUT2D eigenvalue weighted by Gasteiger charge is 2.08. The van der Waals surface area contributed by atoms with Gasteiger partial charge in [0.05, 0.1) is 0 Å². The molecule has 2 rings (SSSR count). The Labute approximate surface area is 160 Å². The Morgan fingerprint density at radius 2 is 2.04 bits per heavy atom. The number of hydrogen-bond donors (Lipinski definition) is 2. The minimum absolute atomic E-state index is 0. The van der Waals surface area contributed by atoms with E-state index in [1.807, 2.05) is 19.9 Å². The molecular weight excluding hydrogens is 417 g/mol. The summed E-state index contributed by atoms with van der Waals surface area (Å²) in [6.45, 7) is 8.85. The van der Waals surface area contributed by atoms with Crippen LogP contribution in [0.25, 0.3) is 0 Å². The van der Waals surface area contributed by atoms with Crippen molar-refractivity contribution in [1.82, 2.24) is 10.1 Å². The first-order chi connectivity index (χ1) is 11.0. The van der Waals surface area contributed by atoms with Crippen molar-refractivity contribution in [3.8, 4) is 0 Å². The van der Waals surface area contributed by atoms with E-state index in [1.165, 1.54) is 11.1 Å². The zero-order valence-corrected chi connectivity index (χ0v) is 17.0. The van der Waals surface area contributed by atoms with Crippen LogP contribution in [0, 0.1) is 13.8 Å². The molecule has 0 saturated carbocycles. The zero-order chi connectivity index (χ0) is 16.8. The van der Waals surface area contributed by atoms with Crippen molar-refractivity contribution in [2.75, 3.05) is 11.9 Å². The lowest BCUT2D eigenvalue weighted by Crippen LogP contribution is -2.23. The lowest BCUT2D eigenvalue weighted by molar-refractivity contribution is 0.369. The van der Waals surface area contributed by atoms with Crippen LogP contribution < -0.4 is 11.1 Å². The van der Waals surface area contributed by atoms with Crippen molar-refractivity contribution in [1.29, 1.82) is 0 Å². The molecule has 132 valence electrons. The summed E-state index contributed by atoms with van der Waals surface area (Å²) in [6.07, 6.45) is 1.52. The summed E-state index contributed by atoms with van der Waals surface area (Å²) in [5.41, 5.74) is 9.33. The number of benzene rings is 1. The number of rotatable bonds is 6. The zero-order valence-electron chi connectivity index (χ0n) is 14.7. The first kappa shape index (κ1) is 20.4. The smallest absolute Gasteiger partial charge is 0.226 e. The Kier molecular flexibility index (Phi) is 8.17. The van der Waals surface area contributed by atoms with Gasteiger partial charge >= 0.3 is 0 Å². The second-order valence-corrected chi connectivity index (χ2v) is 6.00.